The van der Waals surface area contributed by atoms with Crippen LogP contribution in [0.1, 0.15) is 23.0 Å². The highest BCUT2D eigenvalue weighted by atomic mass is 35.5. The zero-order valence-corrected chi connectivity index (χ0v) is 10.8. The summed E-state index contributed by atoms with van der Waals surface area (Å²) in [5.74, 6) is 0. The summed E-state index contributed by atoms with van der Waals surface area (Å²) in [6.45, 7) is 0.161. The van der Waals surface area contributed by atoms with Crippen molar-refractivity contribution in [3.63, 3.8) is 0 Å². The smallest absolute Gasteiger partial charge is 0.219 e. The third kappa shape index (κ3) is 3.55. The summed E-state index contributed by atoms with van der Waals surface area (Å²) >= 11 is 5.85. The zero-order chi connectivity index (χ0) is 13.7. The van der Waals surface area contributed by atoms with Gasteiger partial charge in [-0.3, -0.25) is 0 Å². The van der Waals surface area contributed by atoms with Crippen molar-refractivity contribution in [2.75, 3.05) is 0 Å². The molecule has 0 aliphatic rings. The molecule has 0 amide bonds. The third-order valence-corrected chi connectivity index (χ3v) is 2.86. The van der Waals surface area contributed by atoms with Crippen LogP contribution in [0.5, 0.6) is 0 Å². The SMILES string of the molecule is N#Cc1ccccc1C([O])OCc1cccc(Cl)c1. The van der Waals surface area contributed by atoms with E-state index in [9.17, 15) is 5.11 Å². The number of hydrogen-bond acceptors (Lipinski definition) is 2. The van der Waals surface area contributed by atoms with Crippen molar-refractivity contribution in [1.82, 2.24) is 0 Å². The molecule has 0 heterocycles. The van der Waals surface area contributed by atoms with E-state index in [4.69, 9.17) is 21.6 Å². The quantitative estimate of drug-likeness (QED) is 0.794. The van der Waals surface area contributed by atoms with Crippen molar-refractivity contribution >= 4 is 11.6 Å². The van der Waals surface area contributed by atoms with Gasteiger partial charge >= 0.3 is 0 Å². The molecule has 2 aromatic carbocycles. The minimum Gasteiger partial charge on any atom is -0.341 e. The number of halogens is 1. The average molecular weight is 273 g/mol. The minimum atomic E-state index is -1.38. The van der Waals surface area contributed by atoms with Crippen LogP contribution >= 0.6 is 11.6 Å². The Bertz CT molecular complexity index is 607. The van der Waals surface area contributed by atoms with Gasteiger partial charge in [0.1, 0.15) is 0 Å². The molecule has 0 fully saturated rings. The summed E-state index contributed by atoms with van der Waals surface area (Å²) in [5.41, 5.74) is 1.52. The van der Waals surface area contributed by atoms with Gasteiger partial charge in [-0.1, -0.05) is 41.9 Å². The molecule has 0 aliphatic heterocycles. The Balaban J connectivity index is 2.06. The van der Waals surface area contributed by atoms with E-state index in [2.05, 4.69) is 0 Å². The Morgan fingerprint density at radius 2 is 2.00 bits per heavy atom. The maximum atomic E-state index is 12.0. The van der Waals surface area contributed by atoms with Gasteiger partial charge in [0.15, 0.2) is 0 Å². The molecule has 3 nitrogen and oxygen atoms in total. The number of nitriles is 1. The van der Waals surface area contributed by atoms with Gasteiger partial charge in [-0.05, 0) is 23.8 Å². The number of ether oxygens (including phenoxy) is 1. The first kappa shape index (κ1) is 13.6. The molecular weight excluding hydrogens is 262 g/mol. The van der Waals surface area contributed by atoms with Crippen LogP contribution in [0.3, 0.4) is 0 Å². The molecule has 0 saturated heterocycles. The van der Waals surface area contributed by atoms with Crippen LogP contribution in [-0.2, 0) is 16.5 Å². The molecule has 1 unspecified atom stereocenters. The number of nitrogens with zero attached hydrogens (tertiary/aromatic N) is 1. The van der Waals surface area contributed by atoms with Crippen LogP contribution in [0.4, 0.5) is 0 Å². The van der Waals surface area contributed by atoms with Gasteiger partial charge in [-0.25, -0.2) is 0 Å². The van der Waals surface area contributed by atoms with Crippen molar-refractivity contribution in [1.29, 1.82) is 5.26 Å². The van der Waals surface area contributed by atoms with E-state index in [0.717, 1.165) is 5.56 Å². The fourth-order valence-corrected chi connectivity index (χ4v) is 1.91. The number of rotatable bonds is 4. The summed E-state index contributed by atoms with van der Waals surface area (Å²) in [6.07, 6.45) is -1.38. The van der Waals surface area contributed by atoms with E-state index < -0.39 is 6.29 Å². The molecular formula is C15H11ClNO2. The summed E-state index contributed by atoms with van der Waals surface area (Å²) < 4.78 is 5.25. The van der Waals surface area contributed by atoms with E-state index in [1.165, 1.54) is 0 Å². The molecule has 0 aliphatic carbocycles. The molecule has 0 saturated carbocycles. The molecule has 0 spiro atoms. The Hall–Kier alpha value is -1.86. The van der Waals surface area contributed by atoms with Crippen LogP contribution < -0.4 is 0 Å². The highest BCUT2D eigenvalue weighted by Gasteiger charge is 2.14. The highest BCUT2D eigenvalue weighted by Crippen LogP contribution is 2.21. The first-order chi connectivity index (χ1) is 9.20. The maximum absolute atomic E-state index is 12.0. The lowest BCUT2D eigenvalue weighted by Crippen LogP contribution is -2.04. The van der Waals surface area contributed by atoms with Crippen molar-refractivity contribution in [3.8, 4) is 6.07 Å². The molecule has 2 aromatic rings. The average Bonchev–Trinajstić information content (AvgIpc) is 2.45. The molecule has 0 N–H and O–H groups in total. The Kier molecular flexibility index (Phi) is 4.53. The third-order valence-electron chi connectivity index (χ3n) is 2.63. The molecule has 95 valence electrons. The van der Waals surface area contributed by atoms with Crippen LogP contribution in [-0.4, -0.2) is 0 Å². The van der Waals surface area contributed by atoms with Gasteiger partial charge in [-0.15, -0.1) is 0 Å². The normalized spacial score (nSPS) is 11.8. The zero-order valence-electron chi connectivity index (χ0n) is 10.0. The second-order valence-electron chi connectivity index (χ2n) is 3.97. The maximum Gasteiger partial charge on any atom is 0.219 e. The van der Waals surface area contributed by atoms with Crippen LogP contribution in [0.25, 0.3) is 0 Å². The lowest BCUT2D eigenvalue weighted by atomic mass is 10.1. The van der Waals surface area contributed by atoms with Gasteiger partial charge in [0.05, 0.1) is 18.2 Å². The second kappa shape index (κ2) is 6.35. The standard InChI is InChI=1S/C15H11ClNO2/c16-13-6-3-4-11(8-13)10-19-15(18)14-7-2-1-5-12(14)9-17/h1-8,15H,10H2. The number of hydrogen-bond donors (Lipinski definition) is 0. The molecule has 1 atom stereocenters. The minimum absolute atomic E-state index is 0.161. The van der Waals surface area contributed by atoms with E-state index in [1.807, 2.05) is 12.1 Å². The van der Waals surface area contributed by atoms with E-state index in [0.29, 0.717) is 16.1 Å². The van der Waals surface area contributed by atoms with Crippen LogP contribution in [0, 0.1) is 11.3 Å². The predicted octanol–water partition coefficient (Wildman–Crippen LogP) is 3.86. The Labute approximate surface area is 116 Å². The van der Waals surface area contributed by atoms with Gasteiger partial charge in [-0.2, -0.15) is 10.4 Å². The van der Waals surface area contributed by atoms with E-state index in [1.54, 1.807) is 42.5 Å². The summed E-state index contributed by atoms with van der Waals surface area (Å²) in [5, 5.41) is 21.5. The summed E-state index contributed by atoms with van der Waals surface area (Å²) in [7, 11) is 0. The lowest BCUT2D eigenvalue weighted by molar-refractivity contribution is -0.152. The topological polar surface area (TPSA) is 52.9 Å². The molecule has 4 heteroatoms. The van der Waals surface area contributed by atoms with E-state index >= 15 is 0 Å². The van der Waals surface area contributed by atoms with Crippen molar-refractivity contribution in [3.05, 3.63) is 70.2 Å². The van der Waals surface area contributed by atoms with Crippen LogP contribution in [0.15, 0.2) is 48.5 Å². The summed E-state index contributed by atoms with van der Waals surface area (Å²) in [4.78, 5) is 0. The first-order valence-corrected chi connectivity index (χ1v) is 6.09. The predicted molar refractivity (Wildman–Crippen MR) is 70.8 cm³/mol. The van der Waals surface area contributed by atoms with Crippen molar-refractivity contribution < 1.29 is 9.84 Å². The van der Waals surface area contributed by atoms with Crippen molar-refractivity contribution in [2.45, 2.75) is 12.9 Å². The molecule has 0 bridgehead atoms. The van der Waals surface area contributed by atoms with Crippen LogP contribution in [0.2, 0.25) is 5.02 Å². The fourth-order valence-electron chi connectivity index (χ4n) is 1.69. The fraction of sp³-hybridized carbons (Fsp3) is 0.133. The van der Waals surface area contributed by atoms with Gasteiger partial charge < -0.3 is 4.74 Å². The van der Waals surface area contributed by atoms with Crippen molar-refractivity contribution in [2.24, 2.45) is 0 Å². The Morgan fingerprint density at radius 1 is 1.21 bits per heavy atom. The second-order valence-corrected chi connectivity index (χ2v) is 4.41. The molecule has 19 heavy (non-hydrogen) atoms. The molecule has 2 rings (SSSR count). The molecule has 0 aromatic heterocycles. The largest absolute Gasteiger partial charge is 0.341 e. The van der Waals surface area contributed by atoms with Gasteiger partial charge in [0.2, 0.25) is 6.29 Å². The first-order valence-electron chi connectivity index (χ1n) is 5.71. The van der Waals surface area contributed by atoms with Gasteiger partial charge in [0.25, 0.3) is 0 Å². The molecule has 1 radical (unpaired) electrons. The lowest BCUT2D eigenvalue weighted by Gasteiger charge is -2.11. The highest BCUT2D eigenvalue weighted by molar-refractivity contribution is 6.30. The van der Waals surface area contributed by atoms with Gasteiger partial charge in [0, 0.05) is 10.6 Å². The monoisotopic (exact) mass is 272 g/mol. The van der Waals surface area contributed by atoms with E-state index in [-0.39, 0.29) is 6.61 Å². The summed E-state index contributed by atoms with van der Waals surface area (Å²) in [6, 6.07) is 15.7. The number of benzene rings is 2. The Morgan fingerprint density at radius 3 is 2.74 bits per heavy atom.